The molecule has 0 fully saturated rings. The molecule has 0 heterocycles. The van der Waals surface area contributed by atoms with Crippen LogP contribution in [0.4, 0.5) is 0 Å². The lowest BCUT2D eigenvalue weighted by molar-refractivity contribution is -0.141. The van der Waals surface area contributed by atoms with Crippen LogP contribution in [0.15, 0.2) is 0 Å². The lowest BCUT2D eigenvalue weighted by atomic mass is 10.1. The molecule has 1 unspecified atom stereocenters. The van der Waals surface area contributed by atoms with Crippen LogP contribution >= 0.6 is 0 Å². The Balaban J connectivity index is 0. The molecule has 0 bridgehead atoms. The number of hydrogen-bond acceptors (Lipinski definition) is 4. The molecule has 0 aliphatic carbocycles. The zero-order chi connectivity index (χ0) is 11.6. The van der Waals surface area contributed by atoms with Crippen molar-refractivity contribution in [1.29, 1.82) is 0 Å². The van der Waals surface area contributed by atoms with Gasteiger partial charge in [-0.15, -0.1) is 0 Å². The molecule has 0 aromatic carbocycles. The first-order valence-electron chi connectivity index (χ1n) is 4.25. The van der Waals surface area contributed by atoms with Gasteiger partial charge < -0.3 is 18.4 Å². The Morgan fingerprint density at radius 3 is 1.64 bits per heavy atom. The highest BCUT2D eigenvalue weighted by atomic mass is 28.3. The maximum atomic E-state index is 9.93. The molecule has 0 aromatic heterocycles. The van der Waals surface area contributed by atoms with Gasteiger partial charge in [-0.05, 0) is 6.42 Å². The van der Waals surface area contributed by atoms with E-state index in [0.717, 1.165) is 6.42 Å². The van der Waals surface area contributed by atoms with E-state index in [1.807, 2.05) is 6.92 Å². The van der Waals surface area contributed by atoms with Crippen LogP contribution in [0.3, 0.4) is 0 Å². The van der Waals surface area contributed by atoms with Gasteiger partial charge in [0.15, 0.2) is 0 Å². The molecule has 0 aromatic rings. The highest BCUT2D eigenvalue weighted by molar-refractivity contribution is 6.36. The fourth-order valence-corrected chi connectivity index (χ4v) is 0.925. The quantitative estimate of drug-likeness (QED) is 0.705. The number of carboxylic acid groups (broad SMARTS) is 1. The van der Waals surface area contributed by atoms with Gasteiger partial charge in [-0.2, -0.15) is 0 Å². The molecule has 6 heteroatoms. The third-order valence-electron chi connectivity index (χ3n) is 1.53. The van der Waals surface area contributed by atoms with Crippen molar-refractivity contribution in [3.05, 3.63) is 0 Å². The first kappa shape index (κ1) is 16.0. The maximum Gasteiger partial charge on any atom is 0.576 e. The summed E-state index contributed by atoms with van der Waals surface area (Å²) in [5.74, 6) is -0.887. The van der Waals surface area contributed by atoms with E-state index in [0.29, 0.717) is 0 Å². The highest BCUT2D eigenvalue weighted by Gasteiger charge is 2.09. The van der Waals surface area contributed by atoms with Crippen LogP contribution in [0, 0.1) is 5.92 Å². The van der Waals surface area contributed by atoms with Crippen LogP contribution < -0.4 is 0 Å². The van der Waals surface area contributed by atoms with E-state index < -0.39 is 15.5 Å². The van der Waals surface area contributed by atoms with Crippen LogP contribution in [0.2, 0.25) is 0 Å². The number of rotatable bonds is 5. The Labute approximate surface area is 86.9 Å². The van der Waals surface area contributed by atoms with E-state index in [1.54, 1.807) is 28.3 Å². The van der Waals surface area contributed by atoms with Gasteiger partial charge in [0.05, 0.1) is 5.92 Å². The second-order valence-electron chi connectivity index (χ2n) is 2.51. The standard InChI is InChI=1S/C5H10O2.C3H9O3Si/c1-3-4(2)5(6)7;1-4-7(5-2)6-3/h4H,3H2,1-2H3,(H,6,7);1-3H3. The monoisotopic (exact) mass is 223 g/mol. The summed E-state index contributed by atoms with van der Waals surface area (Å²) in [7, 11) is 3.31. The zero-order valence-electron chi connectivity index (χ0n) is 9.36. The number of aliphatic carboxylic acids is 1. The van der Waals surface area contributed by atoms with E-state index in [-0.39, 0.29) is 5.92 Å². The SMILES string of the molecule is CCC(C)C(=O)O.CO[Si](OC)OC. The minimum absolute atomic E-state index is 0.181. The minimum Gasteiger partial charge on any atom is -0.481 e. The van der Waals surface area contributed by atoms with E-state index in [1.165, 1.54) is 0 Å². The van der Waals surface area contributed by atoms with Crippen molar-refractivity contribution in [2.75, 3.05) is 21.3 Å². The molecular weight excluding hydrogens is 204 g/mol. The maximum absolute atomic E-state index is 9.93. The van der Waals surface area contributed by atoms with Gasteiger partial charge >= 0.3 is 15.5 Å². The Bertz CT molecular complexity index is 132. The molecule has 1 atom stereocenters. The molecule has 0 saturated heterocycles. The molecule has 0 aliphatic heterocycles. The lowest BCUT2D eigenvalue weighted by Crippen LogP contribution is -2.21. The van der Waals surface area contributed by atoms with Crippen molar-refractivity contribution in [3.8, 4) is 0 Å². The van der Waals surface area contributed by atoms with E-state index in [4.69, 9.17) is 18.4 Å². The molecule has 1 radical (unpaired) electrons. The minimum atomic E-state index is -1.36. The molecule has 5 nitrogen and oxygen atoms in total. The van der Waals surface area contributed by atoms with Crippen molar-refractivity contribution in [3.63, 3.8) is 0 Å². The third kappa shape index (κ3) is 9.65. The van der Waals surface area contributed by atoms with E-state index >= 15 is 0 Å². The third-order valence-corrected chi connectivity index (χ3v) is 2.53. The summed E-state index contributed by atoms with van der Waals surface area (Å²) in [6.07, 6.45) is 0.718. The van der Waals surface area contributed by atoms with E-state index in [2.05, 4.69) is 0 Å². The Morgan fingerprint density at radius 2 is 1.64 bits per heavy atom. The van der Waals surface area contributed by atoms with Crippen molar-refractivity contribution < 1.29 is 23.2 Å². The zero-order valence-corrected chi connectivity index (χ0v) is 10.4. The van der Waals surface area contributed by atoms with Gasteiger partial charge in [0, 0.05) is 21.3 Å². The van der Waals surface area contributed by atoms with E-state index in [9.17, 15) is 4.79 Å². The summed E-state index contributed by atoms with van der Waals surface area (Å²) in [6, 6.07) is 0. The topological polar surface area (TPSA) is 65.0 Å². The van der Waals surface area contributed by atoms with Gasteiger partial charge in [-0.1, -0.05) is 13.8 Å². The summed E-state index contributed by atoms with van der Waals surface area (Å²) in [4.78, 5) is 9.93. The summed E-state index contributed by atoms with van der Waals surface area (Å²) >= 11 is 0. The molecule has 85 valence electrons. The van der Waals surface area contributed by atoms with Gasteiger partial charge in [-0.3, -0.25) is 4.79 Å². The predicted molar refractivity (Wildman–Crippen MR) is 53.9 cm³/mol. The van der Waals surface area contributed by atoms with Crippen LogP contribution in [-0.2, 0) is 18.1 Å². The fourth-order valence-electron chi connectivity index (χ4n) is 0.425. The number of carboxylic acids is 1. The lowest BCUT2D eigenvalue weighted by Gasteiger charge is -2.02. The van der Waals surface area contributed by atoms with Gasteiger partial charge in [0.1, 0.15) is 0 Å². The van der Waals surface area contributed by atoms with Crippen molar-refractivity contribution in [2.24, 2.45) is 5.92 Å². The molecule has 1 N–H and O–H groups in total. The summed E-state index contributed by atoms with van der Waals surface area (Å²) in [6.45, 7) is 3.56. The first-order chi connectivity index (χ1) is 6.53. The predicted octanol–water partition coefficient (Wildman–Crippen LogP) is 1.03. The van der Waals surface area contributed by atoms with Crippen LogP contribution in [0.25, 0.3) is 0 Å². The summed E-state index contributed by atoms with van der Waals surface area (Å²) in [5.41, 5.74) is 0. The number of hydrogen-bond donors (Lipinski definition) is 1. The average Bonchev–Trinajstić information content (AvgIpc) is 2.20. The molecule has 0 saturated carbocycles. The Hall–Kier alpha value is -0.433. The van der Waals surface area contributed by atoms with Gasteiger partial charge in [0.25, 0.3) is 0 Å². The molecule has 0 spiro atoms. The number of carbonyl (C=O) groups is 1. The van der Waals surface area contributed by atoms with Crippen LogP contribution in [0.1, 0.15) is 20.3 Å². The summed E-state index contributed by atoms with van der Waals surface area (Å²) in [5, 5.41) is 8.18. The second-order valence-corrected chi connectivity index (χ2v) is 4.23. The van der Waals surface area contributed by atoms with Crippen molar-refractivity contribution >= 4 is 15.5 Å². The normalized spacial score (nSPS) is 11.9. The Morgan fingerprint density at radius 1 is 1.29 bits per heavy atom. The molecule has 14 heavy (non-hydrogen) atoms. The average molecular weight is 223 g/mol. The van der Waals surface area contributed by atoms with Crippen LogP contribution in [-0.4, -0.2) is 41.9 Å². The molecule has 0 rings (SSSR count). The van der Waals surface area contributed by atoms with Crippen molar-refractivity contribution in [1.82, 2.24) is 0 Å². The fraction of sp³-hybridized carbons (Fsp3) is 0.875. The Kier molecular flexibility index (Phi) is 12.2. The smallest absolute Gasteiger partial charge is 0.481 e. The van der Waals surface area contributed by atoms with Crippen LogP contribution in [0.5, 0.6) is 0 Å². The summed E-state index contributed by atoms with van der Waals surface area (Å²) < 4.78 is 14.1. The van der Waals surface area contributed by atoms with Crippen molar-refractivity contribution in [2.45, 2.75) is 20.3 Å². The first-order valence-corrected chi connectivity index (χ1v) is 5.47. The molecular formula is C8H19O5Si. The van der Waals surface area contributed by atoms with Gasteiger partial charge in [-0.25, -0.2) is 0 Å². The highest BCUT2D eigenvalue weighted by Crippen LogP contribution is 1.97. The molecule has 0 aliphatic rings. The second kappa shape index (κ2) is 10.6. The van der Waals surface area contributed by atoms with Gasteiger partial charge in [0.2, 0.25) is 0 Å². The largest absolute Gasteiger partial charge is 0.576 e. The molecule has 0 amide bonds.